The van der Waals surface area contributed by atoms with Crippen LogP contribution in [0, 0.1) is 6.92 Å². The van der Waals surface area contributed by atoms with Gasteiger partial charge in [-0.1, -0.05) is 30.5 Å². The minimum absolute atomic E-state index is 0.0168. The lowest BCUT2D eigenvalue weighted by atomic mass is 10.2. The minimum atomic E-state index is -0.204. The first-order chi connectivity index (χ1) is 10.1. The average molecular weight is 306 g/mol. The lowest BCUT2D eigenvalue weighted by molar-refractivity contribution is -0.121. The number of nitrogens with one attached hydrogen (secondary N) is 1. The quantitative estimate of drug-likeness (QED) is 0.872. The number of nitrogens with zero attached hydrogens (tertiary/aromatic N) is 1. The van der Waals surface area contributed by atoms with Crippen molar-refractivity contribution in [3.8, 4) is 5.75 Å². The van der Waals surface area contributed by atoms with E-state index in [2.05, 4.69) is 10.2 Å². The second-order valence-corrected chi connectivity index (χ2v) is 5.74. The van der Waals surface area contributed by atoms with E-state index in [0.717, 1.165) is 31.5 Å². The summed E-state index contributed by atoms with van der Waals surface area (Å²) in [7, 11) is 0. The van der Waals surface area contributed by atoms with Crippen LogP contribution in [-0.4, -0.2) is 35.6 Å². The van der Waals surface area contributed by atoms with Gasteiger partial charge in [0.05, 0.1) is 0 Å². The van der Waals surface area contributed by atoms with E-state index in [0.29, 0.717) is 10.9 Å². The fourth-order valence-electron chi connectivity index (χ4n) is 2.29. The number of benzene rings is 1. The first kappa shape index (κ1) is 15.8. The van der Waals surface area contributed by atoms with Crippen LogP contribution < -0.4 is 10.1 Å². The smallest absolute Gasteiger partial charge is 0.264 e. The largest absolute Gasteiger partial charge is 0.484 e. The third kappa shape index (κ3) is 5.34. The third-order valence-corrected chi connectivity index (χ3v) is 3.89. The molecule has 1 amide bonds. The number of hydrogen-bond acceptors (Lipinski definition) is 3. The molecule has 0 unspecified atom stereocenters. The van der Waals surface area contributed by atoms with E-state index in [-0.39, 0.29) is 12.5 Å². The molecule has 4 nitrogen and oxygen atoms in total. The maximum atomic E-state index is 11.9. The Balaban J connectivity index is 1.75. The highest BCUT2D eigenvalue weighted by atomic mass is 32.1. The summed E-state index contributed by atoms with van der Waals surface area (Å²) in [5, 5.41) is 3.28. The molecule has 0 saturated carbocycles. The molecule has 0 aliphatic carbocycles. The van der Waals surface area contributed by atoms with Crippen molar-refractivity contribution in [1.29, 1.82) is 0 Å². The molecule has 1 fully saturated rings. The van der Waals surface area contributed by atoms with Gasteiger partial charge < -0.3 is 15.0 Å². The molecule has 0 radical (unpaired) electrons. The molecule has 2 rings (SSSR count). The molecule has 0 bridgehead atoms. The number of carbonyl (C=O) groups is 1. The normalized spacial score (nSPS) is 15.2. The maximum absolute atomic E-state index is 11.9. The summed E-state index contributed by atoms with van der Waals surface area (Å²) in [4.78, 5) is 13.9. The number of ether oxygens (including phenoxy) is 1. The summed E-state index contributed by atoms with van der Waals surface area (Å²) in [6.07, 6.45) is 4.75. The van der Waals surface area contributed by atoms with Crippen LogP contribution in [0.25, 0.3) is 0 Å². The highest BCUT2D eigenvalue weighted by molar-refractivity contribution is 7.80. The Bertz CT molecular complexity index is 480. The molecule has 5 heteroatoms. The Hall–Kier alpha value is -1.62. The molecular formula is C16H22N2O2S. The van der Waals surface area contributed by atoms with Crippen LogP contribution in [-0.2, 0) is 4.79 Å². The van der Waals surface area contributed by atoms with Gasteiger partial charge in [-0.05, 0) is 44.1 Å². The minimum Gasteiger partial charge on any atom is -0.484 e. The molecule has 1 aromatic rings. The fraction of sp³-hybridized carbons (Fsp3) is 0.500. The third-order valence-electron chi connectivity index (χ3n) is 3.53. The predicted molar refractivity (Wildman–Crippen MR) is 87.5 cm³/mol. The number of rotatable bonds is 3. The van der Waals surface area contributed by atoms with Gasteiger partial charge in [0, 0.05) is 13.1 Å². The Labute approximate surface area is 131 Å². The topological polar surface area (TPSA) is 41.6 Å². The van der Waals surface area contributed by atoms with Crippen LogP contribution >= 0.6 is 12.2 Å². The van der Waals surface area contributed by atoms with Gasteiger partial charge in [-0.25, -0.2) is 0 Å². The van der Waals surface area contributed by atoms with Crippen molar-refractivity contribution in [3.63, 3.8) is 0 Å². The summed E-state index contributed by atoms with van der Waals surface area (Å²) >= 11 is 5.30. The van der Waals surface area contributed by atoms with Gasteiger partial charge in [-0.3, -0.25) is 4.79 Å². The predicted octanol–water partition coefficient (Wildman–Crippen LogP) is 2.65. The SMILES string of the molecule is Cc1ccc(OCC(=O)NC(=S)N2CCCCCC2)cc1. The summed E-state index contributed by atoms with van der Waals surface area (Å²) in [6.45, 7) is 3.85. The van der Waals surface area contributed by atoms with E-state index in [4.69, 9.17) is 17.0 Å². The van der Waals surface area contributed by atoms with Crippen LogP contribution in [0.15, 0.2) is 24.3 Å². The molecule has 114 valence electrons. The Morgan fingerprint density at radius 3 is 2.43 bits per heavy atom. The van der Waals surface area contributed by atoms with Crippen LogP contribution in [0.2, 0.25) is 0 Å². The van der Waals surface area contributed by atoms with Crippen molar-refractivity contribution >= 4 is 23.2 Å². The van der Waals surface area contributed by atoms with Gasteiger partial charge in [0.25, 0.3) is 5.91 Å². The lowest BCUT2D eigenvalue weighted by Crippen LogP contribution is -2.44. The van der Waals surface area contributed by atoms with Crippen molar-refractivity contribution in [2.45, 2.75) is 32.6 Å². The zero-order chi connectivity index (χ0) is 15.1. The first-order valence-corrected chi connectivity index (χ1v) is 7.84. The van der Waals surface area contributed by atoms with Gasteiger partial charge >= 0.3 is 0 Å². The number of amides is 1. The summed E-state index contributed by atoms with van der Waals surface area (Å²) in [5.41, 5.74) is 1.16. The monoisotopic (exact) mass is 306 g/mol. The molecule has 1 heterocycles. The van der Waals surface area contributed by atoms with Crippen molar-refractivity contribution in [2.24, 2.45) is 0 Å². The van der Waals surface area contributed by atoms with Gasteiger partial charge in [0.15, 0.2) is 11.7 Å². The molecule has 1 N–H and O–H groups in total. The van der Waals surface area contributed by atoms with E-state index in [1.165, 1.54) is 12.8 Å². The summed E-state index contributed by atoms with van der Waals surface area (Å²) in [6, 6.07) is 7.62. The number of aryl methyl sites for hydroxylation is 1. The molecular weight excluding hydrogens is 284 g/mol. The number of carbonyl (C=O) groups excluding carboxylic acids is 1. The Morgan fingerprint density at radius 1 is 1.19 bits per heavy atom. The number of thiocarbonyl (C=S) groups is 1. The molecule has 1 aliphatic rings. The van der Waals surface area contributed by atoms with E-state index < -0.39 is 0 Å². The molecule has 21 heavy (non-hydrogen) atoms. The van der Waals surface area contributed by atoms with E-state index >= 15 is 0 Å². The highest BCUT2D eigenvalue weighted by Gasteiger charge is 2.14. The van der Waals surface area contributed by atoms with Crippen LogP contribution in [0.5, 0.6) is 5.75 Å². The molecule has 1 aliphatic heterocycles. The Morgan fingerprint density at radius 2 is 1.81 bits per heavy atom. The standard InChI is InChI=1S/C16H22N2O2S/c1-13-6-8-14(9-7-13)20-12-15(19)17-16(21)18-10-4-2-3-5-11-18/h6-9H,2-5,10-12H2,1H3,(H,17,19,21). The van der Waals surface area contributed by atoms with Gasteiger partial charge in [0.2, 0.25) is 0 Å². The van der Waals surface area contributed by atoms with E-state index in [9.17, 15) is 4.79 Å². The van der Waals surface area contributed by atoms with E-state index in [1.807, 2.05) is 31.2 Å². The number of likely N-dealkylation sites (tertiary alicyclic amines) is 1. The maximum Gasteiger partial charge on any atom is 0.264 e. The van der Waals surface area contributed by atoms with Crippen LogP contribution in [0.1, 0.15) is 31.2 Å². The zero-order valence-electron chi connectivity index (χ0n) is 12.4. The average Bonchev–Trinajstić information content (AvgIpc) is 2.76. The lowest BCUT2D eigenvalue weighted by Gasteiger charge is -2.23. The van der Waals surface area contributed by atoms with Crippen LogP contribution in [0.4, 0.5) is 0 Å². The summed E-state index contributed by atoms with van der Waals surface area (Å²) in [5.74, 6) is 0.487. The second-order valence-electron chi connectivity index (χ2n) is 5.36. The molecule has 0 atom stereocenters. The van der Waals surface area contributed by atoms with Gasteiger partial charge in [-0.15, -0.1) is 0 Å². The van der Waals surface area contributed by atoms with Gasteiger partial charge in [0.1, 0.15) is 5.75 Å². The molecule has 0 aromatic heterocycles. The summed E-state index contributed by atoms with van der Waals surface area (Å²) < 4.78 is 5.45. The molecule has 1 saturated heterocycles. The molecule has 0 spiro atoms. The zero-order valence-corrected chi connectivity index (χ0v) is 13.2. The fourth-order valence-corrected chi connectivity index (χ4v) is 2.59. The van der Waals surface area contributed by atoms with Crippen molar-refractivity contribution < 1.29 is 9.53 Å². The van der Waals surface area contributed by atoms with Crippen molar-refractivity contribution in [3.05, 3.63) is 29.8 Å². The van der Waals surface area contributed by atoms with Crippen molar-refractivity contribution in [2.75, 3.05) is 19.7 Å². The van der Waals surface area contributed by atoms with E-state index in [1.54, 1.807) is 0 Å². The highest BCUT2D eigenvalue weighted by Crippen LogP contribution is 2.11. The Kier molecular flexibility index (Phi) is 5.99. The number of hydrogen-bond donors (Lipinski definition) is 1. The van der Waals surface area contributed by atoms with Crippen LogP contribution in [0.3, 0.4) is 0 Å². The molecule has 1 aromatic carbocycles. The van der Waals surface area contributed by atoms with Crippen molar-refractivity contribution in [1.82, 2.24) is 10.2 Å². The van der Waals surface area contributed by atoms with Gasteiger partial charge in [-0.2, -0.15) is 0 Å². The second kappa shape index (κ2) is 7.98. The first-order valence-electron chi connectivity index (χ1n) is 7.43.